The fourth-order valence-corrected chi connectivity index (χ4v) is 11.9. The van der Waals surface area contributed by atoms with Gasteiger partial charge >= 0.3 is 0 Å². The van der Waals surface area contributed by atoms with E-state index < -0.39 is 7.14 Å². The van der Waals surface area contributed by atoms with Crippen molar-refractivity contribution in [2.75, 3.05) is 0 Å². The van der Waals surface area contributed by atoms with Crippen LogP contribution in [0.4, 0.5) is 0 Å². The lowest BCUT2D eigenvalue weighted by Gasteiger charge is -2.27. The molecule has 11 aromatic rings. The molecule has 48 heavy (non-hydrogen) atoms. The number of hydrogen-bond donors (Lipinski definition) is 0. The van der Waals surface area contributed by atoms with Crippen LogP contribution in [-0.4, -0.2) is 0 Å². The van der Waals surface area contributed by atoms with Crippen LogP contribution in [0.5, 0.6) is 0 Å². The molecule has 0 aromatic heterocycles. The first kappa shape index (κ1) is 26.3. The molecule has 0 radical (unpaired) electrons. The van der Waals surface area contributed by atoms with E-state index in [0.717, 1.165) is 42.8 Å². The lowest BCUT2D eigenvalue weighted by atomic mass is 9.94. The van der Waals surface area contributed by atoms with E-state index in [2.05, 4.69) is 164 Å². The number of hydrogen-bond acceptors (Lipinski definition) is 1. The quantitative estimate of drug-likeness (QED) is 0.141. The van der Waals surface area contributed by atoms with Crippen molar-refractivity contribution in [3.63, 3.8) is 0 Å². The lowest BCUT2D eigenvalue weighted by Crippen LogP contribution is -2.27. The monoisotopic (exact) mass is 626 g/mol. The van der Waals surface area contributed by atoms with Crippen molar-refractivity contribution >= 4 is 109 Å². The number of benzene rings is 11. The first-order chi connectivity index (χ1) is 23.7. The summed E-state index contributed by atoms with van der Waals surface area (Å²) in [7, 11) is -3.54. The average Bonchev–Trinajstić information content (AvgIpc) is 3.15. The van der Waals surface area contributed by atoms with Gasteiger partial charge in [0.2, 0.25) is 0 Å². The Bertz CT molecular complexity index is 2970. The SMILES string of the molecule is O=P(c1cc2ccccc2c2ccccc12)(c1ccc2ccc3cccc4ccc1c2c34)c1ccc2ccc3cccc4ccc1c2c34. The third-order valence-electron chi connectivity index (χ3n) is 10.8. The highest BCUT2D eigenvalue weighted by Crippen LogP contribution is 2.51. The normalized spacial score (nSPS) is 12.7. The Hall–Kier alpha value is -5.75. The second kappa shape index (κ2) is 9.41. The van der Waals surface area contributed by atoms with Crippen LogP contribution in [0.2, 0.25) is 0 Å². The number of rotatable bonds is 3. The molecule has 0 bridgehead atoms. The predicted molar refractivity (Wildman–Crippen MR) is 208 cm³/mol. The fraction of sp³-hybridized carbons (Fsp3) is 0. The molecule has 11 aromatic carbocycles. The highest BCUT2D eigenvalue weighted by atomic mass is 31.2. The minimum absolute atomic E-state index is 0.891. The second-order valence-electron chi connectivity index (χ2n) is 13.2. The van der Waals surface area contributed by atoms with Gasteiger partial charge in [-0.3, -0.25) is 0 Å². The summed E-state index contributed by atoms with van der Waals surface area (Å²) in [5.74, 6) is 0. The average molecular weight is 627 g/mol. The highest BCUT2D eigenvalue weighted by molar-refractivity contribution is 7.86. The molecule has 0 aliphatic heterocycles. The maximum Gasteiger partial charge on any atom is 0.172 e. The second-order valence-corrected chi connectivity index (χ2v) is 15.8. The zero-order chi connectivity index (χ0) is 31.6. The summed E-state index contributed by atoms with van der Waals surface area (Å²) < 4.78 is 17.2. The highest BCUT2D eigenvalue weighted by Gasteiger charge is 2.36. The topological polar surface area (TPSA) is 17.1 Å². The Morgan fingerprint density at radius 2 is 0.667 bits per heavy atom. The van der Waals surface area contributed by atoms with E-state index in [1.807, 2.05) is 0 Å². The molecule has 2 heteroatoms. The molecule has 0 saturated carbocycles. The van der Waals surface area contributed by atoms with Crippen LogP contribution in [-0.2, 0) is 4.57 Å². The predicted octanol–water partition coefficient (Wildman–Crippen LogP) is 11.4. The third kappa shape index (κ3) is 3.34. The molecular formula is C46H27OP. The Morgan fingerprint density at radius 3 is 1.21 bits per heavy atom. The number of fused-ring (bicyclic) bond motifs is 3. The Morgan fingerprint density at radius 1 is 0.271 bits per heavy atom. The molecule has 0 fully saturated rings. The van der Waals surface area contributed by atoms with E-state index in [4.69, 9.17) is 0 Å². The van der Waals surface area contributed by atoms with Crippen molar-refractivity contribution in [1.29, 1.82) is 0 Å². The molecular weight excluding hydrogens is 599 g/mol. The van der Waals surface area contributed by atoms with E-state index in [1.165, 1.54) is 59.2 Å². The van der Waals surface area contributed by atoms with Gasteiger partial charge < -0.3 is 4.57 Å². The zero-order valence-electron chi connectivity index (χ0n) is 25.9. The van der Waals surface area contributed by atoms with Crippen molar-refractivity contribution in [1.82, 2.24) is 0 Å². The van der Waals surface area contributed by atoms with Gasteiger partial charge in [0.25, 0.3) is 0 Å². The molecule has 0 aliphatic carbocycles. The Balaban J connectivity index is 1.37. The molecule has 0 amide bonds. The summed E-state index contributed by atoms with van der Waals surface area (Å²) in [5.41, 5.74) is 0. The molecule has 0 spiro atoms. The molecule has 0 unspecified atom stereocenters. The summed E-state index contributed by atoms with van der Waals surface area (Å²) in [5, 5.41) is 21.2. The summed E-state index contributed by atoms with van der Waals surface area (Å²) in [4.78, 5) is 0. The minimum atomic E-state index is -3.54. The van der Waals surface area contributed by atoms with Gasteiger partial charge in [-0.1, -0.05) is 146 Å². The summed E-state index contributed by atoms with van der Waals surface area (Å²) >= 11 is 0. The van der Waals surface area contributed by atoms with Crippen molar-refractivity contribution in [2.45, 2.75) is 0 Å². The third-order valence-corrected chi connectivity index (χ3v) is 14.0. The molecule has 1 nitrogen and oxygen atoms in total. The van der Waals surface area contributed by atoms with Crippen molar-refractivity contribution in [3.05, 3.63) is 164 Å². The van der Waals surface area contributed by atoms with E-state index >= 15 is 4.57 Å². The van der Waals surface area contributed by atoms with Gasteiger partial charge in [-0.05, 0) is 104 Å². The van der Waals surface area contributed by atoms with E-state index in [1.54, 1.807) is 0 Å². The first-order valence-corrected chi connectivity index (χ1v) is 18.2. The minimum Gasteiger partial charge on any atom is -0.309 e. The van der Waals surface area contributed by atoms with E-state index in [0.29, 0.717) is 0 Å². The van der Waals surface area contributed by atoms with Crippen LogP contribution in [0.25, 0.3) is 86.2 Å². The summed E-state index contributed by atoms with van der Waals surface area (Å²) in [6.07, 6.45) is 0. The van der Waals surface area contributed by atoms with Crippen molar-refractivity contribution in [2.24, 2.45) is 0 Å². The van der Waals surface area contributed by atoms with Gasteiger partial charge in [-0.2, -0.15) is 0 Å². The molecule has 11 rings (SSSR count). The van der Waals surface area contributed by atoms with Crippen molar-refractivity contribution in [3.8, 4) is 0 Å². The molecule has 0 N–H and O–H groups in total. The van der Waals surface area contributed by atoms with Crippen LogP contribution >= 0.6 is 7.14 Å². The van der Waals surface area contributed by atoms with Crippen molar-refractivity contribution < 1.29 is 4.57 Å². The Kier molecular flexibility index (Phi) is 5.17. The molecule has 0 heterocycles. The van der Waals surface area contributed by atoms with Crippen LogP contribution < -0.4 is 15.9 Å². The van der Waals surface area contributed by atoms with Gasteiger partial charge in [0, 0.05) is 15.9 Å². The lowest BCUT2D eigenvalue weighted by molar-refractivity contribution is 0.593. The molecule has 0 atom stereocenters. The van der Waals surface area contributed by atoms with Gasteiger partial charge in [-0.15, -0.1) is 0 Å². The van der Waals surface area contributed by atoms with E-state index in [-0.39, 0.29) is 0 Å². The summed E-state index contributed by atoms with van der Waals surface area (Å²) in [6.45, 7) is 0. The standard InChI is InChI=1S/C46H27OP/c47-48(42-27-34-7-1-2-12-35(34)36-13-3-4-14-37(36)42,40-25-21-32-17-15-28-8-5-10-30-19-23-38(40)45(32)43(28)30)41-26-22-33-18-16-29-9-6-11-31-20-24-39(41)46(33)44(29)31/h1-27H. The first-order valence-electron chi connectivity index (χ1n) is 16.5. The maximum atomic E-state index is 17.2. The van der Waals surface area contributed by atoms with Crippen LogP contribution in [0.3, 0.4) is 0 Å². The van der Waals surface area contributed by atoms with Crippen LogP contribution in [0.15, 0.2) is 164 Å². The van der Waals surface area contributed by atoms with E-state index in [9.17, 15) is 0 Å². The summed E-state index contributed by atoms with van der Waals surface area (Å²) in [6, 6.07) is 58.6. The zero-order valence-corrected chi connectivity index (χ0v) is 26.8. The van der Waals surface area contributed by atoms with Gasteiger partial charge in [0.1, 0.15) is 0 Å². The maximum absolute atomic E-state index is 17.2. The smallest absolute Gasteiger partial charge is 0.172 e. The molecule has 0 saturated heterocycles. The van der Waals surface area contributed by atoms with Crippen LogP contribution in [0.1, 0.15) is 0 Å². The van der Waals surface area contributed by atoms with Gasteiger partial charge in [0.05, 0.1) is 0 Å². The Labute approximate surface area is 276 Å². The molecule has 222 valence electrons. The van der Waals surface area contributed by atoms with Gasteiger partial charge in [-0.25, -0.2) is 0 Å². The van der Waals surface area contributed by atoms with Gasteiger partial charge in [0.15, 0.2) is 7.14 Å². The largest absolute Gasteiger partial charge is 0.309 e. The molecule has 0 aliphatic rings. The van der Waals surface area contributed by atoms with Crippen LogP contribution in [0, 0.1) is 0 Å². The fourth-order valence-electron chi connectivity index (χ4n) is 8.67.